The molecule has 9 nitrogen and oxygen atoms in total. The van der Waals surface area contributed by atoms with Crippen molar-refractivity contribution in [1.29, 1.82) is 0 Å². The van der Waals surface area contributed by atoms with E-state index in [9.17, 15) is 18.4 Å². The molecule has 2 N–H and O–H groups in total. The van der Waals surface area contributed by atoms with Crippen molar-refractivity contribution >= 4 is 17.9 Å². The monoisotopic (exact) mass is 514 g/mol. The van der Waals surface area contributed by atoms with Crippen molar-refractivity contribution in [2.75, 3.05) is 58.9 Å². The first-order valence-corrected chi connectivity index (χ1v) is 12.6. The van der Waals surface area contributed by atoms with Gasteiger partial charge in [0, 0.05) is 38.9 Å². The van der Waals surface area contributed by atoms with Gasteiger partial charge in [0.1, 0.15) is 11.9 Å². The number of nitrogens with one attached hydrogen (secondary N) is 2. The number of unbranched alkanes of at least 4 members (excludes halogenated alkanes) is 1. The van der Waals surface area contributed by atoms with E-state index in [-0.39, 0.29) is 6.42 Å². The minimum absolute atomic E-state index is 0.244. The molecule has 1 aromatic heterocycles. The number of alkyl halides is 2. The van der Waals surface area contributed by atoms with Crippen LogP contribution in [0.15, 0.2) is 12.1 Å². The van der Waals surface area contributed by atoms with Crippen LogP contribution in [0, 0.1) is 0 Å². The maximum atomic E-state index is 13.4. The molecule has 0 aliphatic carbocycles. The van der Waals surface area contributed by atoms with Gasteiger partial charge in [0.05, 0.1) is 13.7 Å². The standard InChI is InChI=1S/C25H40F2N4O5/c1-4-25(26,27)18-36-24(33)30-21(23(32)35-3)12-15-31(16-17-34-2)14-6-5-9-20-11-10-19-8-7-13-28-22(19)29-20/h10-11,21H,4-9,12-18H2,1-3H3,(H,28,29)(H,30,33). The van der Waals surface area contributed by atoms with Gasteiger partial charge in [0.25, 0.3) is 5.92 Å². The van der Waals surface area contributed by atoms with E-state index in [2.05, 4.69) is 32.4 Å². The van der Waals surface area contributed by atoms with E-state index in [4.69, 9.17) is 14.5 Å². The number of alkyl carbamates (subject to hydrolysis) is 1. The molecular formula is C25H40F2N4O5. The Balaban J connectivity index is 1.82. The highest BCUT2D eigenvalue weighted by Gasteiger charge is 2.30. The molecule has 0 radical (unpaired) electrons. The largest absolute Gasteiger partial charge is 0.467 e. The Labute approximate surface area is 212 Å². The molecule has 2 rings (SSSR count). The van der Waals surface area contributed by atoms with Crippen LogP contribution in [0.1, 0.15) is 50.3 Å². The predicted octanol–water partition coefficient (Wildman–Crippen LogP) is 3.41. The number of aryl methyl sites for hydroxylation is 2. The Morgan fingerprint density at radius 1 is 1.22 bits per heavy atom. The predicted molar refractivity (Wildman–Crippen MR) is 132 cm³/mol. The summed E-state index contributed by atoms with van der Waals surface area (Å²) in [6, 6.07) is 3.25. The molecule has 0 bridgehead atoms. The molecule has 2 heterocycles. The van der Waals surface area contributed by atoms with Crippen molar-refractivity contribution < 1.29 is 32.6 Å². The summed E-state index contributed by atoms with van der Waals surface area (Å²) >= 11 is 0. The normalized spacial score (nSPS) is 14.1. The maximum Gasteiger partial charge on any atom is 0.408 e. The molecule has 1 atom stereocenters. The van der Waals surface area contributed by atoms with Gasteiger partial charge in [-0.2, -0.15) is 0 Å². The van der Waals surface area contributed by atoms with E-state index >= 15 is 0 Å². The Kier molecular flexibility index (Phi) is 12.8. The molecule has 11 heteroatoms. The second kappa shape index (κ2) is 15.6. The van der Waals surface area contributed by atoms with Crippen LogP contribution in [-0.2, 0) is 31.8 Å². The van der Waals surface area contributed by atoms with Gasteiger partial charge >= 0.3 is 12.1 Å². The number of hydrogen-bond donors (Lipinski definition) is 2. The highest BCUT2D eigenvalue weighted by atomic mass is 19.3. The molecule has 204 valence electrons. The number of fused-ring (bicyclic) bond motifs is 1. The molecular weight excluding hydrogens is 474 g/mol. The lowest BCUT2D eigenvalue weighted by atomic mass is 10.1. The second-order valence-electron chi connectivity index (χ2n) is 8.93. The topological polar surface area (TPSA) is 102 Å². The van der Waals surface area contributed by atoms with Crippen molar-refractivity contribution in [3.63, 3.8) is 0 Å². The third-order valence-electron chi connectivity index (χ3n) is 6.16. The zero-order valence-electron chi connectivity index (χ0n) is 21.6. The van der Waals surface area contributed by atoms with Crippen molar-refractivity contribution in [2.24, 2.45) is 0 Å². The number of anilines is 1. The molecule has 0 saturated carbocycles. The summed E-state index contributed by atoms with van der Waals surface area (Å²) < 4.78 is 41.3. The first kappa shape index (κ1) is 29.7. The molecule has 36 heavy (non-hydrogen) atoms. The van der Waals surface area contributed by atoms with E-state index in [1.165, 1.54) is 19.6 Å². The fourth-order valence-corrected chi connectivity index (χ4v) is 3.87. The minimum Gasteiger partial charge on any atom is -0.467 e. The average Bonchev–Trinajstić information content (AvgIpc) is 2.89. The fourth-order valence-electron chi connectivity index (χ4n) is 3.87. The number of pyridine rings is 1. The van der Waals surface area contributed by atoms with Crippen LogP contribution in [0.2, 0.25) is 0 Å². The summed E-state index contributed by atoms with van der Waals surface area (Å²) in [4.78, 5) is 31.0. The summed E-state index contributed by atoms with van der Waals surface area (Å²) in [5.41, 5.74) is 2.33. The molecule has 1 amide bonds. The Morgan fingerprint density at radius 3 is 2.75 bits per heavy atom. The van der Waals surface area contributed by atoms with Crippen LogP contribution < -0.4 is 10.6 Å². The number of amides is 1. The van der Waals surface area contributed by atoms with Crippen molar-refractivity contribution in [3.05, 3.63) is 23.4 Å². The Morgan fingerprint density at radius 2 is 2.03 bits per heavy atom. The number of rotatable bonds is 16. The van der Waals surface area contributed by atoms with E-state index < -0.39 is 37.1 Å². The molecule has 1 aromatic rings. The lowest BCUT2D eigenvalue weighted by Crippen LogP contribution is -2.45. The Bertz CT molecular complexity index is 828. The van der Waals surface area contributed by atoms with Gasteiger partial charge in [0.2, 0.25) is 0 Å². The van der Waals surface area contributed by atoms with Crippen LogP contribution >= 0.6 is 0 Å². The average molecular weight is 515 g/mol. The van der Waals surface area contributed by atoms with Crippen molar-refractivity contribution in [2.45, 2.75) is 63.8 Å². The smallest absolute Gasteiger partial charge is 0.408 e. The number of halogens is 2. The fraction of sp³-hybridized carbons (Fsp3) is 0.720. The number of hydrogen-bond acceptors (Lipinski definition) is 8. The van der Waals surface area contributed by atoms with E-state index in [1.807, 2.05) is 0 Å². The quantitative estimate of drug-likeness (QED) is 0.256. The SMILES string of the molecule is CCC(F)(F)COC(=O)NC(CCN(CCCCc1ccc2c(n1)NCCC2)CCOC)C(=O)OC. The van der Waals surface area contributed by atoms with Gasteiger partial charge in [-0.25, -0.2) is 23.4 Å². The Hall–Kier alpha value is -2.53. The van der Waals surface area contributed by atoms with Crippen LogP contribution in [0.4, 0.5) is 19.4 Å². The van der Waals surface area contributed by atoms with Crippen molar-refractivity contribution in [3.8, 4) is 0 Å². The van der Waals surface area contributed by atoms with Crippen LogP contribution in [-0.4, -0.2) is 87.5 Å². The third kappa shape index (κ3) is 10.6. The molecule has 1 aliphatic heterocycles. The van der Waals surface area contributed by atoms with Gasteiger partial charge in [-0.05, 0) is 56.7 Å². The number of ether oxygens (including phenoxy) is 3. The van der Waals surface area contributed by atoms with Crippen LogP contribution in [0.5, 0.6) is 0 Å². The van der Waals surface area contributed by atoms with E-state index in [0.29, 0.717) is 19.7 Å². The zero-order chi connectivity index (χ0) is 26.4. The molecule has 0 saturated heterocycles. The van der Waals surface area contributed by atoms with Crippen LogP contribution in [0.25, 0.3) is 0 Å². The lowest BCUT2D eigenvalue weighted by Gasteiger charge is -2.25. The van der Waals surface area contributed by atoms with Crippen molar-refractivity contribution in [1.82, 2.24) is 15.2 Å². The number of carbonyl (C=O) groups excluding carboxylic acids is 2. The molecule has 0 fully saturated rings. The molecule has 0 aromatic carbocycles. The van der Waals surface area contributed by atoms with Gasteiger partial charge < -0.3 is 29.7 Å². The highest BCUT2D eigenvalue weighted by Crippen LogP contribution is 2.20. The van der Waals surface area contributed by atoms with Gasteiger partial charge in [0.15, 0.2) is 6.61 Å². The first-order valence-electron chi connectivity index (χ1n) is 12.6. The van der Waals surface area contributed by atoms with Gasteiger partial charge in [-0.1, -0.05) is 13.0 Å². The molecule has 1 aliphatic rings. The number of nitrogens with zero attached hydrogens (tertiary/aromatic N) is 2. The second-order valence-corrected chi connectivity index (χ2v) is 8.93. The highest BCUT2D eigenvalue weighted by molar-refractivity contribution is 5.81. The van der Waals surface area contributed by atoms with Gasteiger partial charge in [-0.15, -0.1) is 0 Å². The first-order chi connectivity index (χ1) is 17.3. The zero-order valence-corrected chi connectivity index (χ0v) is 21.6. The number of methoxy groups -OCH3 is 2. The minimum atomic E-state index is -3.11. The summed E-state index contributed by atoms with van der Waals surface area (Å²) in [5, 5.41) is 5.71. The van der Waals surface area contributed by atoms with E-state index in [0.717, 1.165) is 56.7 Å². The van der Waals surface area contributed by atoms with E-state index in [1.54, 1.807) is 7.11 Å². The molecule has 0 spiro atoms. The summed E-state index contributed by atoms with van der Waals surface area (Å²) in [5.74, 6) is -2.77. The number of esters is 1. The van der Waals surface area contributed by atoms with Crippen LogP contribution in [0.3, 0.4) is 0 Å². The number of carbonyl (C=O) groups is 2. The summed E-state index contributed by atoms with van der Waals surface area (Å²) in [6.07, 6.45) is 3.65. The summed E-state index contributed by atoms with van der Waals surface area (Å²) in [6.45, 7) is 3.64. The molecule has 1 unspecified atom stereocenters. The van der Waals surface area contributed by atoms with Gasteiger partial charge in [-0.3, -0.25) is 0 Å². The lowest BCUT2D eigenvalue weighted by molar-refractivity contribution is -0.143. The maximum absolute atomic E-state index is 13.4. The summed E-state index contributed by atoms with van der Waals surface area (Å²) in [7, 11) is 2.83. The number of aromatic nitrogens is 1. The third-order valence-corrected chi connectivity index (χ3v) is 6.16.